The van der Waals surface area contributed by atoms with Crippen molar-refractivity contribution in [1.82, 2.24) is 20.1 Å². The molecule has 10 heteroatoms. The van der Waals surface area contributed by atoms with E-state index in [9.17, 15) is 19.7 Å². The molecule has 0 spiro atoms. The van der Waals surface area contributed by atoms with Crippen LogP contribution in [0.1, 0.15) is 10.4 Å². The summed E-state index contributed by atoms with van der Waals surface area (Å²) in [6.07, 6.45) is 2.96. The van der Waals surface area contributed by atoms with Crippen LogP contribution in [0.2, 0.25) is 0 Å². The summed E-state index contributed by atoms with van der Waals surface area (Å²) in [7, 11) is 0. The van der Waals surface area contributed by atoms with Gasteiger partial charge in [-0.1, -0.05) is 12.1 Å². The first-order valence-corrected chi connectivity index (χ1v) is 7.81. The van der Waals surface area contributed by atoms with Crippen LogP contribution in [0, 0.1) is 10.1 Å². The molecule has 27 heavy (non-hydrogen) atoms. The van der Waals surface area contributed by atoms with Crippen molar-refractivity contribution in [2.45, 2.75) is 0 Å². The van der Waals surface area contributed by atoms with Gasteiger partial charge in [-0.25, -0.2) is 9.67 Å². The summed E-state index contributed by atoms with van der Waals surface area (Å²) in [5.41, 5.74) is 0.880. The van der Waals surface area contributed by atoms with Gasteiger partial charge in [0, 0.05) is 11.8 Å². The molecule has 0 saturated carbocycles. The molecule has 3 rings (SSSR count). The van der Waals surface area contributed by atoms with Crippen molar-refractivity contribution in [2.24, 2.45) is 0 Å². The molecule has 0 radical (unpaired) electrons. The largest absolute Gasteiger partial charge is 0.343 e. The molecular formula is C17H14N6O4. The number of nitro groups is 1. The molecule has 3 aromatic rings. The zero-order valence-electron chi connectivity index (χ0n) is 13.9. The van der Waals surface area contributed by atoms with Crippen LogP contribution in [0.4, 0.5) is 11.4 Å². The molecule has 2 amide bonds. The Labute approximate surface area is 153 Å². The molecule has 0 fully saturated rings. The van der Waals surface area contributed by atoms with Crippen LogP contribution in [0.5, 0.6) is 0 Å². The molecule has 1 heterocycles. The van der Waals surface area contributed by atoms with E-state index in [1.165, 1.54) is 30.6 Å². The highest BCUT2D eigenvalue weighted by molar-refractivity contribution is 6.01. The monoisotopic (exact) mass is 366 g/mol. The third kappa shape index (κ3) is 4.31. The van der Waals surface area contributed by atoms with Crippen molar-refractivity contribution in [3.63, 3.8) is 0 Å². The topological polar surface area (TPSA) is 132 Å². The van der Waals surface area contributed by atoms with Gasteiger partial charge in [0.1, 0.15) is 18.2 Å². The number of carbonyl (C=O) groups is 2. The number of anilines is 1. The fourth-order valence-corrected chi connectivity index (χ4v) is 2.32. The smallest absolute Gasteiger partial charge is 0.282 e. The molecule has 0 aliphatic carbocycles. The molecule has 0 unspecified atom stereocenters. The Kier molecular flexibility index (Phi) is 5.17. The highest BCUT2D eigenvalue weighted by atomic mass is 16.6. The first-order valence-electron chi connectivity index (χ1n) is 7.81. The summed E-state index contributed by atoms with van der Waals surface area (Å²) in [5, 5.41) is 19.9. The lowest BCUT2D eigenvalue weighted by Crippen LogP contribution is -2.33. The SMILES string of the molecule is O=C(CNC(=O)c1ccccc1[N+](=O)[O-])Nc1ccc(-n2cncn2)cc1. The van der Waals surface area contributed by atoms with E-state index in [0.717, 1.165) is 5.69 Å². The van der Waals surface area contributed by atoms with Gasteiger partial charge in [-0.15, -0.1) is 0 Å². The number of nitro benzene ring substituents is 1. The van der Waals surface area contributed by atoms with Crippen molar-refractivity contribution in [3.05, 3.63) is 76.9 Å². The molecule has 10 nitrogen and oxygen atoms in total. The Morgan fingerprint density at radius 2 is 1.85 bits per heavy atom. The third-order valence-corrected chi connectivity index (χ3v) is 3.59. The van der Waals surface area contributed by atoms with Crippen LogP contribution in [0.25, 0.3) is 5.69 Å². The zero-order valence-corrected chi connectivity index (χ0v) is 13.9. The Bertz CT molecular complexity index is 969. The van der Waals surface area contributed by atoms with Gasteiger partial charge in [-0.05, 0) is 30.3 Å². The third-order valence-electron chi connectivity index (χ3n) is 3.59. The molecule has 2 aromatic carbocycles. The Hall–Kier alpha value is -4.08. The van der Waals surface area contributed by atoms with E-state index in [0.29, 0.717) is 5.69 Å². The number of benzene rings is 2. The van der Waals surface area contributed by atoms with Gasteiger partial charge in [0.05, 0.1) is 17.2 Å². The van der Waals surface area contributed by atoms with Crippen LogP contribution in [-0.4, -0.2) is 38.0 Å². The second-order valence-corrected chi connectivity index (χ2v) is 5.39. The number of carbonyl (C=O) groups excluding carboxylic acids is 2. The molecule has 0 aliphatic rings. The number of nitrogens with zero attached hydrogens (tertiary/aromatic N) is 4. The lowest BCUT2D eigenvalue weighted by molar-refractivity contribution is -0.385. The van der Waals surface area contributed by atoms with Crippen LogP contribution in [0.15, 0.2) is 61.2 Å². The maximum absolute atomic E-state index is 12.1. The van der Waals surface area contributed by atoms with Crippen molar-refractivity contribution < 1.29 is 14.5 Å². The number of nitrogens with one attached hydrogen (secondary N) is 2. The summed E-state index contributed by atoms with van der Waals surface area (Å²) in [6, 6.07) is 12.4. The Balaban J connectivity index is 1.57. The van der Waals surface area contributed by atoms with Crippen LogP contribution >= 0.6 is 0 Å². The van der Waals surface area contributed by atoms with Crippen LogP contribution in [0.3, 0.4) is 0 Å². The first kappa shape index (κ1) is 17.7. The highest BCUT2D eigenvalue weighted by Crippen LogP contribution is 2.17. The summed E-state index contributed by atoms with van der Waals surface area (Å²) in [6.45, 7) is -0.324. The predicted octanol–water partition coefficient (Wildman–Crippen LogP) is 1.54. The molecule has 2 N–H and O–H groups in total. The molecule has 0 aliphatic heterocycles. The van der Waals surface area contributed by atoms with E-state index >= 15 is 0 Å². The van der Waals surface area contributed by atoms with E-state index in [2.05, 4.69) is 20.7 Å². The van der Waals surface area contributed by atoms with E-state index < -0.39 is 16.7 Å². The summed E-state index contributed by atoms with van der Waals surface area (Å²) in [5.74, 6) is -1.16. The number of hydrogen-bond donors (Lipinski definition) is 2. The molecule has 0 atom stereocenters. The van der Waals surface area contributed by atoms with Gasteiger partial charge >= 0.3 is 0 Å². The molecule has 0 saturated heterocycles. The standard InChI is InChI=1S/C17H14N6O4/c24-16(9-19-17(25)14-3-1-2-4-15(14)23(26)27)21-12-5-7-13(8-6-12)22-11-18-10-20-22/h1-8,10-11H,9H2,(H,19,25)(H,21,24). The lowest BCUT2D eigenvalue weighted by atomic mass is 10.1. The first-order chi connectivity index (χ1) is 13.0. The van der Waals surface area contributed by atoms with E-state index in [1.807, 2.05) is 0 Å². The predicted molar refractivity (Wildman–Crippen MR) is 95.4 cm³/mol. The minimum absolute atomic E-state index is 0.104. The normalized spacial score (nSPS) is 10.2. The van der Waals surface area contributed by atoms with Crippen molar-refractivity contribution in [3.8, 4) is 5.69 Å². The van der Waals surface area contributed by atoms with Gasteiger partial charge in [0.15, 0.2) is 0 Å². The summed E-state index contributed by atoms with van der Waals surface area (Å²) < 4.78 is 1.57. The fourth-order valence-electron chi connectivity index (χ4n) is 2.32. The van der Waals surface area contributed by atoms with Crippen LogP contribution < -0.4 is 10.6 Å². The van der Waals surface area contributed by atoms with E-state index in [4.69, 9.17) is 0 Å². The van der Waals surface area contributed by atoms with Gasteiger partial charge in [-0.2, -0.15) is 5.10 Å². The highest BCUT2D eigenvalue weighted by Gasteiger charge is 2.19. The Morgan fingerprint density at radius 3 is 2.52 bits per heavy atom. The van der Waals surface area contributed by atoms with Gasteiger partial charge < -0.3 is 10.6 Å². The lowest BCUT2D eigenvalue weighted by Gasteiger charge is -2.08. The summed E-state index contributed by atoms with van der Waals surface area (Å²) in [4.78, 5) is 38.2. The average molecular weight is 366 g/mol. The van der Waals surface area contributed by atoms with Gasteiger partial charge in [0.2, 0.25) is 5.91 Å². The molecular weight excluding hydrogens is 352 g/mol. The minimum Gasteiger partial charge on any atom is -0.343 e. The zero-order chi connectivity index (χ0) is 19.2. The number of aromatic nitrogens is 3. The number of amides is 2. The number of hydrogen-bond acceptors (Lipinski definition) is 6. The van der Waals surface area contributed by atoms with Gasteiger partial charge in [-0.3, -0.25) is 19.7 Å². The fraction of sp³-hybridized carbons (Fsp3) is 0.0588. The van der Waals surface area contributed by atoms with Crippen molar-refractivity contribution in [1.29, 1.82) is 0 Å². The maximum Gasteiger partial charge on any atom is 0.282 e. The van der Waals surface area contributed by atoms with Crippen molar-refractivity contribution >= 4 is 23.2 Å². The second kappa shape index (κ2) is 7.87. The average Bonchev–Trinajstić information content (AvgIpc) is 3.21. The van der Waals surface area contributed by atoms with Crippen LogP contribution in [-0.2, 0) is 4.79 Å². The maximum atomic E-state index is 12.1. The molecule has 136 valence electrons. The van der Waals surface area contributed by atoms with E-state index in [-0.39, 0.29) is 17.8 Å². The minimum atomic E-state index is -0.695. The Morgan fingerprint density at radius 1 is 1.11 bits per heavy atom. The quantitative estimate of drug-likeness (QED) is 0.502. The summed E-state index contributed by atoms with van der Waals surface area (Å²) >= 11 is 0. The number of rotatable bonds is 6. The molecule has 0 bridgehead atoms. The molecule has 1 aromatic heterocycles. The second-order valence-electron chi connectivity index (χ2n) is 5.39. The van der Waals surface area contributed by atoms with E-state index in [1.54, 1.807) is 35.3 Å². The number of para-hydroxylation sites is 1. The van der Waals surface area contributed by atoms with Gasteiger partial charge in [0.25, 0.3) is 11.6 Å². The van der Waals surface area contributed by atoms with Crippen molar-refractivity contribution in [2.75, 3.05) is 11.9 Å².